The van der Waals surface area contributed by atoms with Gasteiger partial charge in [-0.25, -0.2) is 17.9 Å². The summed E-state index contributed by atoms with van der Waals surface area (Å²) >= 11 is 0. The van der Waals surface area contributed by atoms with Gasteiger partial charge in [-0.15, -0.1) is 0 Å². The van der Waals surface area contributed by atoms with E-state index in [-0.39, 0.29) is 29.7 Å². The molecule has 3 atom stereocenters. The number of aliphatic hydroxyl groups is 1. The normalized spacial score (nSPS) is 22.6. The largest absolute Gasteiger partial charge is 0.391 e. The van der Waals surface area contributed by atoms with Gasteiger partial charge in [-0.05, 0) is 45.2 Å². The molecule has 0 unspecified atom stereocenters. The predicted molar refractivity (Wildman–Crippen MR) is 142 cm³/mol. The minimum Gasteiger partial charge on any atom is -0.391 e. The lowest BCUT2D eigenvalue weighted by Crippen LogP contribution is -2.39. The fourth-order valence-corrected chi connectivity index (χ4v) is 5.96. The van der Waals surface area contributed by atoms with E-state index in [2.05, 4.69) is 9.62 Å². The van der Waals surface area contributed by atoms with Crippen LogP contribution in [0.25, 0.3) is 5.65 Å². The van der Waals surface area contributed by atoms with Crippen molar-refractivity contribution in [1.29, 1.82) is 0 Å². The average molecular weight is 527 g/mol. The summed E-state index contributed by atoms with van der Waals surface area (Å²) in [6.07, 6.45) is 5.24. The molecule has 2 aliphatic rings. The Kier molecular flexibility index (Phi) is 6.61. The van der Waals surface area contributed by atoms with Crippen LogP contribution in [0.5, 0.6) is 0 Å². The molecular formula is C26H34N6O4S. The van der Waals surface area contributed by atoms with Crippen LogP contribution < -0.4 is 9.62 Å². The van der Waals surface area contributed by atoms with Gasteiger partial charge in [0, 0.05) is 43.4 Å². The van der Waals surface area contributed by atoms with Crippen molar-refractivity contribution in [2.75, 3.05) is 35.5 Å². The Bertz CT molecular complexity index is 1440. The number of likely N-dealkylation sites (tertiary alicyclic amines) is 1. The monoisotopic (exact) mass is 526 g/mol. The average Bonchev–Trinajstić information content (AvgIpc) is 3.40. The first-order valence-electron chi connectivity index (χ1n) is 12.7. The van der Waals surface area contributed by atoms with Crippen molar-refractivity contribution in [3.05, 3.63) is 52.8 Å². The van der Waals surface area contributed by atoms with Crippen LogP contribution in [0.3, 0.4) is 0 Å². The highest BCUT2D eigenvalue weighted by Crippen LogP contribution is 2.34. The van der Waals surface area contributed by atoms with Crippen LogP contribution in [0.2, 0.25) is 0 Å². The van der Waals surface area contributed by atoms with Crippen LogP contribution in [0.1, 0.15) is 59.4 Å². The van der Waals surface area contributed by atoms with Crippen LogP contribution in [-0.4, -0.2) is 70.9 Å². The number of aryl methyl sites for hydroxylation is 2. The lowest BCUT2D eigenvalue weighted by molar-refractivity contribution is 0.0606. The maximum Gasteiger partial charge on any atom is 0.256 e. The van der Waals surface area contributed by atoms with Crippen LogP contribution >= 0.6 is 0 Å². The number of amides is 1. The molecule has 1 amide bonds. The third-order valence-electron chi connectivity index (χ3n) is 7.30. The summed E-state index contributed by atoms with van der Waals surface area (Å²) in [6.45, 7) is 7.76. The number of nitrogens with one attached hydrogen (secondary N) is 1. The van der Waals surface area contributed by atoms with E-state index in [9.17, 15) is 18.3 Å². The molecule has 0 spiro atoms. The molecule has 0 saturated carbocycles. The van der Waals surface area contributed by atoms with Gasteiger partial charge in [-0.2, -0.15) is 5.10 Å². The maximum absolute atomic E-state index is 13.8. The second-order valence-electron chi connectivity index (χ2n) is 10.5. The SMILES string of the molecule is Cc1ccc(NS(C)(=O)=O)c(C(=O)N2CCCC[C@H]2c2cc3nc(N4C[C@@H](C)[C@@H](O)C4)c(C)cn3n2)c1. The van der Waals surface area contributed by atoms with Crippen molar-refractivity contribution < 1.29 is 18.3 Å². The van der Waals surface area contributed by atoms with Crippen molar-refractivity contribution in [2.45, 2.75) is 52.2 Å². The first kappa shape index (κ1) is 25.5. The second kappa shape index (κ2) is 9.60. The number of hydrogen-bond donors (Lipinski definition) is 2. The number of piperidine rings is 1. The molecule has 2 N–H and O–H groups in total. The molecule has 11 heteroatoms. The summed E-state index contributed by atoms with van der Waals surface area (Å²) in [4.78, 5) is 22.6. The third-order valence-corrected chi connectivity index (χ3v) is 7.89. The van der Waals surface area contributed by atoms with Crippen LogP contribution in [0.4, 0.5) is 11.5 Å². The Morgan fingerprint density at radius 3 is 2.65 bits per heavy atom. The van der Waals surface area contributed by atoms with Crippen molar-refractivity contribution in [3.63, 3.8) is 0 Å². The van der Waals surface area contributed by atoms with E-state index in [1.165, 1.54) is 0 Å². The zero-order valence-corrected chi connectivity index (χ0v) is 22.5. The fraction of sp³-hybridized carbons (Fsp3) is 0.500. The summed E-state index contributed by atoms with van der Waals surface area (Å²) in [7, 11) is -3.55. The van der Waals surface area contributed by atoms with Gasteiger partial charge in [-0.3, -0.25) is 9.52 Å². The number of aromatic nitrogens is 3. The minimum atomic E-state index is -3.55. The van der Waals surface area contributed by atoms with Crippen LogP contribution in [-0.2, 0) is 10.0 Å². The zero-order valence-electron chi connectivity index (χ0n) is 21.7. The van der Waals surface area contributed by atoms with Crippen molar-refractivity contribution in [3.8, 4) is 0 Å². The highest BCUT2D eigenvalue weighted by molar-refractivity contribution is 7.92. The van der Waals surface area contributed by atoms with E-state index in [0.717, 1.165) is 54.7 Å². The van der Waals surface area contributed by atoms with Gasteiger partial charge >= 0.3 is 0 Å². The Morgan fingerprint density at radius 2 is 1.95 bits per heavy atom. The first-order chi connectivity index (χ1) is 17.5. The lowest BCUT2D eigenvalue weighted by atomic mass is 9.97. The number of benzene rings is 1. The lowest BCUT2D eigenvalue weighted by Gasteiger charge is -2.35. The molecule has 0 radical (unpaired) electrons. The quantitative estimate of drug-likeness (QED) is 0.525. The minimum absolute atomic E-state index is 0.184. The van der Waals surface area contributed by atoms with Gasteiger partial charge in [-0.1, -0.05) is 18.6 Å². The standard InChI is InChI=1S/C26H34N6O4S/c1-16-8-9-20(29-37(4,35)36)19(11-16)26(34)31-10-6-5-7-22(31)21-12-24-27-25(18(3)14-32(24)28-21)30-13-17(2)23(33)15-30/h8-9,11-12,14,17,22-23,29,33H,5-7,10,13,15H2,1-4H3/t17-,22+,23+/m1/s1. The molecule has 198 valence electrons. The number of rotatable bonds is 5. The molecule has 3 aromatic rings. The number of fused-ring (bicyclic) bond motifs is 1. The fourth-order valence-electron chi connectivity index (χ4n) is 5.39. The number of nitrogens with zero attached hydrogens (tertiary/aromatic N) is 5. The van der Waals surface area contributed by atoms with E-state index >= 15 is 0 Å². The van der Waals surface area contributed by atoms with Crippen LogP contribution in [0, 0.1) is 19.8 Å². The van der Waals surface area contributed by atoms with Crippen molar-refractivity contribution in [2.24, 2.45) is 5.92 Å². The number of carbonyl (C=O) groups is 1. The number of β-amino-alcohol motifs (C(OH)–C–C–N with tert-alkyl or cyclic N) is 1. The molecular weight excluding hydrogens is 492 g/mol. The summed E-state index contributed by atoms with van der Waals surface area (Å²) < 4.78 is 28.1. The van der Waals surface area contributed by atoms with Gasteiger partial charge in [0.1, 0.15) is 5.82 Å². The third kappa shape index (κ3) is 5.15. The zero-order chi connectivity index (χ0) is 26.5. The molecule has 5 rings (SSSR count). The number of aliphatic hydroxyl groups excluding tert-OH is 1. The van der Waals surface area contributed by atoms with E-state index in [1.807, 2.05) is 33.0 Å². The summed E-state index contributed by atoms with van der Waals surface area (Å²) in [5.74, 6) is 0.806. The molecule has 2 saturated heterocycles. The van der Waals surface area contributed by atoms with E-state index in [0.29, 0.717) is 24.3 Å². The maximum atomic E-state index is 13.8. The Hall–Kier alpha value is -3.18. The molecule has 2 aliphatic heterocycles. The van der Waals surface area contributed by atoms with Crippen LogP contribution in [0.15, 0.2) is 30.5 Å². The van der Waals surface area contributed by atoms with Gasteiger partial charge in [0.25, 0.3) is 5.91 Å². The molecule has 1 aromatic carbocycles. The summed E-state index contributed by atoms with van der Waals surface area (Å²) in [5, 5.41) is 15.0. The summed E-state index contributed by atoms with van der Waals surface area (Å²) in [5.41, 5.74) is 3.91. The Balaban J connectivity index is 1.48. The summed E-state index contributed by atoms with van der Waals surface area (Å²) in [6, 6.07) is 6.84. The molecule has 2 fully saturated rings. The highest BCUT2D eigenvalue weighted by atomic mass is 32.2. The Morgan fingerprint density at radius 1 is 1.16 bits per heavy atom. The predicted octanol–water partition coefficient (Wildman–Crippen LogP) is 2.90. The second-order valence-corrected chi connectivity index (χ2v) is 12.3. The molecule has 10 nitrogen and oxygen atoms in total. The van der Waals surface area contributed by atoms with Crippen molar-refractivity contribution >= 4 is 33.1 Å². The molecule has 4 heterocycles. The van der Waals surface area contributed by atoms with Gasteiger partial charge in [0.15, 0.2) is 5.65 Å². The number of carbonyl (C=O) groups excluding carboxylic acids is 1. The first-order valence-corrected chi connectivity index (χ1v) is 14.6. The van der Waals surface area contributed by atoms with Gasteiger partial charge < -0.3 is 14.9 Å². The molecule has 0 bridgehead atoms. The molecule has 2 aromatic heterocycles. The molecule has 37 heavy (non-hydrogen) atoms. The topological polar surface area (TPSA) is 120 Å². The number of anilines is 2. The molecule has 0 aliphatic carbocycles. The Labute approximate surface area is 217 Å². The van der Waals surface area contributed by atoms with Crippen molar-refractivity contribution in [1.82, 2.24) is 19.5 Å². The number of sulfonamides is 1. The van der Waals surface area contributed by atoms with E-state index in [4.69, 9.17) is 10.1 Å². The van der Waals surface area contributed by atoms with Gasteiger partial charge in [0.05, 0.1) is 35.3 Å². The highest BCUT2D eigenvalue weighted by Gasteiger charge is 2.33. The smallest absolute Gasteiger partial charge is 0.256 e. The van der Waals surface area contributed by atoms with E-state index < -0.39 is 10.0 Å². The van der Waals surface area contributed by atoms with Gasteiger partial charge in [0.2, 0.25) is 10.0 Å². The number of hydrogen-bond acceptors (Lipinski definition) is 7. The van der Waals surface area contributed by atoms with E-state index in [1.54, 1.807) is 27.6 Å².